The molecule has 0 aliphatic rings. The first-order valence-corrected chi connectivity index (χ1v) is 18.0. The summed E-state index contributed by atoms with van der Waals surface area (Å²) in [6.07, 6.45) is 0. The summed E-state index contributed by atoms with van der Waals surface area (Å²) in [6, 6.07) is 67.3. The van der Waals surface area contributed by atoms with E-state index in [-0.39, 0.29) is 0 Å². The van der Waals surface area contributed by atoms with E-state index in [1.807, 2.05) is 0 Å². The van der Waals surface area contributed by atoms with Crippen LogP contribution in [0, 0.1) is 0 Å². The van der Waals surface area contributed by atoms with Crippen LogP contribution < -0.4 is 4.90 Å². The highest BCUT2D eigenvalue weighted by Gasteiger charge is 2.18. The van der Waals surface area contributed by atoms with Gasteiger partial charge in [0.05, 0.1) is 26.9 Å². The molecule has 2 heterocycles. The predicted molar refractivity (Wildman–Crippen MR) is 217 cm³/mol. The molecular weight excluding hydrogens is 639 g/mol. The number of nitrogens with zero attached hydrogens (tertiary/aromatic N) is 3. The largest absolute Gasteiger partial charge is 0.311 e. The van der Waals surface area contributed by atoms with E-state index in [0.717, 1.165) is 27.6 Å². The van der Waals surface area contributed by atoms with Crippen LogP contribution in [-0.2, 0) is 0 Å². The number of para-hydroxylation sites is 4. The van der Waals surface area contributed by atoms with Crippen molar-refractivity contribution in [2.45, 2.75) is 0 Å². The van der Waals surface area contributed by atoms with Crippen molar-refractivity contribution in [2.75, 3.05) is 4.90 Å². The molecule has 0 fully saturated rings. The molecule has 51 heavy (non-hydrogen) atoms. The van der Waals surface area contributed by atoms with Gasteiger partial charge in [-0.25, -0.2) is 4.98 Å². The van der Waals surface area contributed by atoms with Gasteiger partial charge in [0.2, 0.25) is 0 Å². The van der Waals surface area contributed by atoms with Gasteiger partial charge in [-0.3, -0.25) is 0 Å². The Morgan fingerprint density at radius 3 is 1.76 bits per heavy atom. The van der Waals surface area contributed by atoms with Gasteiger partial charge in [0.1, 0.15) is 5.01 Å². The first-order chi connectivity index (χ1) is 25.3. The zero-order valence-electron chi connectivity index (χ0n) is 27.6. The fourth-order valence-corrected chi connectivity index (χ4v) is 8.47. The van der Waals surface area contributed by atoms with E-state index < -0.39 is 0 Å². The molecule has 0 spiro atoms. The summed E-state index contributed by atoms with van der Waals surface area (Å²) in [6.45, 7) is 0. The fraction of sp³-hybridized carbons (Fsp3) is 0. The molecule has 0 bridgehead atoms. The van der Waals surface area contributed by atoms with Crippen LogP contribution in [0.3, 0.4) is 0 Å². The molecule has 2 aromatic heterocycles. The number of hydrogen-bond donors (Lipinski definition) is 0. The van der Waals surface area contributed by atoms with Crippen LogP contribution in [0.15, 0.2) is 188 Å². The van der Waals surface area contributed by atoms with Crippen LogP contribution in [0.4, 0.5) is 17.1 Å². The van der Waals surface area contributed by atoms with Crippen LogP contribution in [-0.4, -0.2) is 9.55 Å². The lowest BCUT2D eigenvalue weighted by Crippen LogP contribution is -2.09. The highest BCUT2D eigenvalue weighted by molar-refractivity contribution is 7.21. The Morgan fingerprint density at radius 1 is 0.431 bits per heavy atom. The van der Waals surface area contributed by atoms with Gasteiger partial charge in [-0.05, 0) is 95.4 Å². The van der Waals surface area contributed by atoms with Crippen molar-refractivity contribution in [3.8, 4) is 27.4 Å². The second-order valence-electron chi connectivity index (χ2n) is 12.8. The molecule has 0 amide bonds. The van der Waals surface area contributed by atoms with Crippen molar-refractivity contribution < 1.29 is 0 Å². The molecule has 0 aliphatic heterocycles. The first-order valence-electron chi connectivity index (χ1n) is 17.2. The number of benzene rings is 8. The Labute approximate surface area is 299 Å². The Morgan fingerprint density at radius 2 is 1.02 bits per heavy atom. The van der Waals surface area contributed by atoms with Crippen LogP contribution in [0.5, 0.6) is 0 Å². The number of aromatic nitrogens is 2. The number of rotatable bonds is 6. The molecule has 8 aromatic carbocycles. The molecule has 3 nitrogen and oxygen atoms in total. The third kappa shape index (κ3) is 5.00. The number of fused-ring (bicyclic) bond motifs is 5. The molecular formula is C47H31N3S. The monoisotopic (exact) mass is 669 g/mol. The van der Waals surface area contributed by atoms with E-state index in [9.17, 15) is 0 Å². The van der Waals surface area contributed by atoms with Gasteiger partial charge >= 0.3 is 0 Å². The molecule has 10 aromatic rings. The van der Waals surface area contributed by atoms with Gasteiger partial charge in [-0.15, -0.1) is 11.3 Å². The van der Waals surface area contributed by atoms with Crippen LogP contribution in [0.1, 0.15) is 0 Å². The van der Waals surface area contributed by atoms with E-state index in [0.29, 0.717) is 0 Å². The maximum absolute atomic E-state index is 5.02. The van der Waals surface area contributed by atoms with Crippen molar-refractivity contribution in [3.05, 3.63) is 188 Å². The molecule has 4 heteroatoms. The van der Waals surface area contributed by atoms with Crippen LogP contribution in [0.2, 0.25) is 0 Å². The minimum Gasteiger partial charge on any atom is -0.311 e. The Kier molecular flexibility index (Phi) is 7.00. The van der Waals surface area contributed by atoms with Crippen molar-refractivity contribution >= 4 is 71.2 Å². The van der Waals surface area contributed by atoms with Gasteiger partial charge in [0.25, 0.3) is 0 Å². The summed E-state index contributed by atoms with van der Waals surface area (Å²) >= 11 is 1.75. The third-order valence-corrected chi connectivity index (χ3v) is 10.9. The zero-order valence-corrected chi connectivity index (χ0v) is 28.5. The molecule has 0 aliphatic carbocycles. The highest BCUT2D eigenvalue weighted by atomic mass is 32.1. The van der Waals surface area contributed by atoms with E-state index in [4.69, 9.17) is 4.98 Å². The van der Waals surface area contributed by atoms with Crippen molar-refractivity contribution in [1.82, 2.24) is 9.55 Å². The lowest BCUT2D eigenvalue weighted by atomic mass is 10.0. The standard InChI is InChI=1S/C47H31N3S/c1-3-13-34(14-4-1)49(35-15-5-2-6-16-35)36-26-23-32(24-27-36)33-25-29-45-41(31-33)39-19-9-11-21-43(39)50(45)44-30-28-40(37-17-7-8-18-38(37)44)47-48-42-20-10-12-22-46(42)51-47/h1-31H. The summed E-state index contributed by atoms with van der Waals surface area (Å²) in [7, 11) is 0. The van der Waals surface area contributed by atoms with Crippen molar-refractivity contribution in [3.63, 3.8) is 0 Å². The molecule has 240 valence electrons. The Bertz CT molecular complexity index is 2780. The predicted octanol–water partition coefficient (Wildman–Crippen LogP) is 13.4. The van der Waals surface area contributed by atoms with E-state index in [2.05, 4.69) is 198 Å². The molecule has 0 saturated heterocycles. The molecule has 10 rings (SSSR count). The van der Waals surface area contributed by atoms with Gasteiger partial charge in [0, 0.05) is 38.8 Å². The molecule has 0 unspecified atom stereocenters. The van der Waals surface area contributed by atoms with E-state index in [1.165, 1.54) is 59.7 Å². The Hall–Kier alpha value is -6.49. The maximum atomic E-state index is 5.02. The number of anilines is 3. The Balaban J connectivity index is 1.09. The summed E-state index contributed by atoms with van der Waals surface area (Å²) in [5.41, 5.74) is 11.5. The summed E-state index contributed by atoms with van der Waals surface area (Å²) in [5.74, 6) is 0. The van der Waals surface area contributed by atoms with Crippen LogP contribution >= 0.6 is 11.3 Å². The van der Waals surface area contributed by atoms with Crippen LogP contribution in [0.25, 0.3) is 70.2 Å². The van der Waals surface area contributed by atoms with Gasteiger partial charge in [0.15, 0.2) is 0 Å². The van der Waals surface area contributed by atoms with Crippen molar-refractivity contribution in [1.29, 1.82) is 0 Å². The maximum Gasteiger partial charge on any atom is 0.125 e. The highest BCUT2D eigenvalue weighted by Crippen LogP contribution is 2.41. The lowest BCUT2D eigenvalue weighted by Gasteiger charge is -2.25. The van der Waals surface area contributed by atoms with Gasteiger partial charge < -0.3 is 9.47 Å². The second kappa shape index (κ2) is 12.1. The quantitative estimate of drug-likeness (QED) is 0.176. The average molecular weight is 670 g/mol. The number of hydrogen-bond acceptors (Lipinski definition) is 3. The van der Waals surface area contributed by atoms with Crippen molar-refractivity contribution in [2.24, 2.45) is 0 Å². The molecule has 0 saturated carbocycles. The lowest BCUT2D eigenvalue weighted by molar-refractivity contribution is 1.20. The van der Waals surface area contributed by atoms with Gasteiger partial charge in [-0.2, -0.15) is 0 Å². The minimum atomic E-state index is 1.04. The molecule has 0 atom stereocenters. The van der Waals surface area contributed by atoms with Gasteiger partial charge in [-0.1, -0.05) is 109 Å². The first kappa shape index (κ1) is 29.4. The fourth-order valence-electron chi connectivity index (χ4n) is 7.47. The normalized spacial score (nSPS) is 11.5. The minimum absolute atomic E-state index is 1.04. The average Bonchev–Trinajstić information content (AvgIpc) is 3.78. The van der Waals surface area contributed by atoms with E-state index >= 15 is 0 Å². The smallest absolute Gasteiger partial charge is 0.125 e. The SMILES string of the molecule is c1ccc(N(c2ccccc2)c2ccc(-c3ccc4c(c3)c3ccccc3n4-c3ccc(-c4nc5ccccc5s4)c4ccccc34)cc2)cc1. The molecule has 0 N–H and O–H groups in total. The second-order valence-corrected chi connectivity index (χ2v) is 13.8. The number of thiazole rings is 1. The summed E-state index contributed by atoms with van der Waals surface area (Å²) in [5, 5.41) is 5.94. The zero-order chi connectivity index (χ0) is 33.7. The molecule has 0 radical (unpaired) electrons. The van der Waals surface area contributed by atoms with E-state index in [1.54, 1.807) is 11.3 Å². The summed E-state index contributed by atoms with van der Waals surface area (Å²) in [4.78, 5) is 7.32. The third-order valence-electron chi connectivity index (χ3n) is 9.83. The topological polar surface area (TPSA) is 21.1 Å². The summed E-state index contributed by atoms with van der Waals surface area (Å²) < 4.78 is 3.64.